The van der Waals surface area contributed by atoms with Gasteiger partial charge in [-0.15, -0.1) is 0 Å². The van der Waals surface area contributed by atoms with E-state index in [9.17, 15) is 19.2 Å². The normalized spacial score (nSPS) is 24.9. The molecule has 1 atom stereocenters. The quantitative estimate of drug-likeness (QED) is 0.365. The van der Waals surface area contributed by atoms with Gasteiger partial charge in [0.1, 0.15) is 17.5 Å². The molecule has 43 heavy (non-hydrogen) atoms. The Morgan fingerprint density at radius 3 is 2.53 bits per heavy atom. The number of hydrogen-bond donors (Lipinski definition) is 2. The van der Waals surface area contributed by atoms with Gasteiger partial charge in [0.15, 0.2) is 0 Å². The van der Waals surface area contributed by atoms with Crippen molar-refractivity contribution in [2.45, 2.75) is 75.5 Å². The van der Waals surface area contributed by atoms with Crippen LogP contribution in [0.2, 0.25) is 0 Å². The van der Waals surface area contributed by atoms with Gasteiger partial charge in [-0.2, -0.15) is 5.10 Å². The lowest BCUT2D eigenvalue weighted by atomic mass is 9.80. The number of aromatic nitrogens is 3. The second kappa shape index (κ2) is 10.0. The number of carbonyl (C=O) groups is 4. The zero-order chi connectivity index (χ0) is 29.2. The molecular weight excluding hydrogens is 548 g/mol. The lowest BCUT2D eigenvalue weighted by molar-refractivity contribution is -0.136. The molecule has 0 bridgehead atoms. The highest BCUT2D eigenvalue weighted by Crippen LogP contribution is 2.47. The molecule has 2 aliphatic heterocycles. The van der Waals surface area contributed by atoms with E-state index in [1.807, 2.05) is 18.3 Å². The number of ether oxygens (including phenoxy) is 1. The van der Waals surface area contributed by atoms with Gasteiger partial charge in [0.25, 0.3) is 11.8 Å². The van der Waals surface area contributed by atoms with E-state index >= 15 is 0 Å². The number of anilines is 1. The number of imide groups is 2. The van der Waals surface area contributed by atoms with Crippen molar-refractivity contribution in [3.63, 3.8) is 0 Å². The van der Waals surface area contributed by atoms with Gasteiger partial charge in [0, 0.05) is 42.5 Å². The summed E-state index contributed by atoms with van der Waals surface area (Å²) in [4.78, 5) is 55.7. The van der Waals surface area contributed by atoms with Crippen LogP contribution in [0.3, 0.4) is 0 Å². The number of piperidine rings is 1. The lowest BCUT2D eigenvalue weighted by Gasteiger charge is -2.35. The molecule has 220 valence electrons. The molecule has 3 aliphatic carbocycles. The maximum Gasteiger partial charge on any atom is 0.262 e. The number of carbonyl (C=O) groups excluding carboxylic acids is 4. The zero-order valence-corrected chi connectivity index (χ0v) is 23.6. The number of benzene rings is 1. The summed E-state index contributed by atoms with van der Waals surface area (Å²) in [6.45, 7) is 0.734. The average molecular weight is 581 g/mol. The molecule has 3 saturated carbocycles. The van der Waals surface area contributed by atoms with Gasteiger partial charge in [-0.05, 0) is 81.2 Å². The highest BCUT2D eigenvalue weighted by molar-refractivity contribution is 6.23. The first-order valence-corrected chi connectivity index (χ1v) is 15.2. The van der Waals surface area contributed by atoms with Crippen LogP contribution < -0.4 is 15.4 Å². The Kier molecular flexibility index (Phi) is 6.09. The Balaban J connectivity index is 0.917. The van der Waals surface area contributed by atoms with Crippen LogP contribution >= 0.6 is 0 Å². The molecule has 5 aliphatic rings. The molecule has 11 heteroatoms. The molecule has 1 saturated heterocycles. The molecule has 3 aromatic rings. The third-order valence-electron chi connectivity index (χ3n) is 9.19. The van der Waals surface area contributed by atoms with Crippen molar-refractivity contribution in [1.29, 1.82) is 0 Å². The monoisotopic (exact) mass is 580 g/mol. The molecule has 2 aromatic heterocycles. The third-order valence-corrected chi connectivity index (χ3v) is 9.19. The fourth-order valence-corrected chi connectivity index (χ4v) is 6.41. The first kappa shape index (κ1) is 26.1. The first-order chi connectivity index (χ1) is 20.9. The summed E-state index contributed by atoms with van der Waals surface area (Å²) in [5.41, 5.74) is 4.42. The Hall–Kier alpha value is -4.54. The summed E-state index contributed by atoms with van der Waals surface area (Å²) in [5.74, 6) is -0.215. The Morgan fingerprint density at radius 2 is 1.77 bits per heavy atom. The minimum atomic E-state index is -0.966. The van der Waals surface area contributed by atoms with Crippen molar-refractivity contribution in [3.8, 4) is 17.0 Å². The number of rotatable bonds is 9. The van der Waals surface area contributed by atoms with Crippen molar-refractivity contribution in [1.82, 2.24) is 25.0 Å². The van der Waals surface area contributed by atoms with E-state index in [-0.39, 0.29) is 29.9 Å². The molecule has 2 N–H and O–H groups in total. The van der Waals surface area contributed by atoms with E-state index in [2.05, 4.69) is 21.5 Å². The molecule has 4 heterocycles. The molecular formula is C32H32N6O5. The molecule has 1 unspecified atom stereocenters. The lowest BCUT2D eigenvalue weighted by Crippen LogP contribution is -2.54. The van der Waals surface area contributed by atoms with Crippen LogP contribution in [0.1, 0.15) is 89.7 Å². The fraction of sp³-hybridized carbons (Fsp3) is 0.438. The van der Waals surface area contributed by atoms with E-state index < -0.39 is 23.8 Å². The van der Waals surface area contributed by atoms with Gasteiger partial charge in [-0.3, -0.25) is 39.1 Å². The summed E-state index contributed by atoms with van der Waals surface area (Å²) in [6.07, 6.45) is 11.0. The Labute approximate surface area is 248 Å². The van der Waals surface area contributed by atoms with Gasteiger partial charge >= 0.3 is 0 Å². The number of nitrogens with one attached hydrogen (secondary N) is 2. The van der Waals surface area contributed by atoms with Crippen LogP contribution in [0.5, 0.6) is 5.75 Å². The largest absolute Gasteiger partial charge is 0.488 e. The molecule has 0 radical (unpaired) electrons. The predicted octanol–water partition coefficient (Wildman–Crippen LogP) is 3.83. The van der Waals surface area contributed by atoms with Gasteiger partial charge in [-0.25, -0.2) is 0 Å². The van der Waals surface area contributed by atoms with Gasteiger partial charge in [0.05, 0.1) is 29.0 Å². The van der Waals surface area contributed by atoms with Crippen LogP contribution in [-0.4, -0.2) is 62.0 Å². The zero-order valence-electron chi connectivity index (χ0n) is 23.6. The van der Waals surface area contributed by atoms with Crippen LogP contribution in [0, 0.1) is 5.92 Å². The number of hydrogen-bond acceptors (Lipinski definition) is 8. The van der Waals surface area contributed by atoms with Gasteiger partial charge in [0.2, 0.25) is 11.8 Å². The topological polar surface area (TPSA) is 136 Å². The molecule has 8 rings (SSSR count). The highest BCUT2D eigenvalue weighted by Gasteiger charge is 2.45. The van der Waals surface area contributed by atoms with E-state index in [0.717, 1.165) is 78.4 Å². The maximum absolute atomic E-state index is 13.1. The summed E-state index contributed by atoms with van der Waals surface area (Å²) < 4.78 is 8.30. The molecule has 4 fully saturated rings. The number of pyridine rings is 1. The van der Waals surface area contributed by atoms with E-state index in [0.29, 0.717) is 24.0 Å². The van der Waals surface area contributed by atoms with Crippen molar-refractivity contribution in [2.24, 2.45) is 5.92 Å². The summed E-state index contributed by atoms with van der Waals surface area (Å²) in [6, 6.07) is 8.40. The third kappa shape index (κ3) is 4.76. The summed E-state index contributed by atoms with van der Waals surface area (Å²) in [5, 5.41) is 10.7. The summed E-state index contributed by atoms with van der Waals surface area (Å²) >= 11 is 0. The minimum absolute atomic E-state index is 0.0970. The van der Waals surface area contributed by atoms with Crippen molar-refractivity contribution in [3.05, 3.63) is 59.5 Å². The fourth-order valence-electron chi connectivity index (χ4n) is 6.41. The Morgan fingerprint density at radius 1 is 0.953 bits per heavy atom. The maximum atomic E-state index is 13.1. The van der Waals surface area contributed by atoms with E-state index in [4.69, 9.17) is 14.8 Å². The van der Waals surface area contributed by atoms with E-state index in [1.54, 1.807) is 18.2 Å². The molecule has 0 spiro atoms. The van der Waals surface area contributed by atoms with Gasteiger partial charge < -0.3 is 10.1 Å². The number of nitrogens with zero attached hydrogens (tertiary/aromatic N) is 4. The SMILES string of the molecule is O=C1CCC(N2C(=O)c3ccc(NCC4CC(n5cc(-c6ncccc6OC6CC6)c(C6CC6)n5)C4)cc3C2=O)C(=O)N1. The molecule has 4 amide bonds. The number of amides is 4. The van der Waals surface area contributed by atoms with Crippen molar-refractivity contribution in [2.75, 3.05) is 11.9 Å². The average Bonchev–Trinajstić information content (AvgIpc) is 3.92. The van der Waals surface area contributed by atoms with Crippen molar-refractivity contribution < 1.29 is 23.9 Å². The van der Waals surface area contributed by atoms with E-state index in [1.165, 1.54) is 0 Å². The first-order valence-electron chi connectivity index (χ1n) is 15.2. The Bertz CT molecular complexity index is 1670. The second-order valence-electron chi connectivity index (χ2n) is 12.4. The minimum Gasteiger partial charge on any atom is -0.488 e. The van der Waals surface area contributed by atoms with Crippen LogP contribution in [-0.2, 0) is 9.59 Å². The van der Waals surface area contributed by atoms with Crippen LogP contribution in [0.25, 0.3) is 11.3 Å². The number of fused-ring (bicyclic) bond motifs is 1. The molecule has 1 aromatic carbocycles. The second-order valence-corrected chi connectivity index (χ2v) is 12.4. The standard InChI is InChI=1S/C32H32N6O5/c39-27-10-9-25(30(40)35-27)38-31(41)22-8-5-19(14-23(22)32(38)42)34-15-17-12-20(13-17)37-16-24(28(36-37)18-3-4-18)29-26(2-1-11-33-29)43-21-6-7-21/h1-2,5,8,11,14,16-18,20-21,25,34H,3-4,6-7,9-10,12-13,15H2,(H,35,39,40). The van der Waals surface area contributed by atoms with Crippen molar-refractivity contribution >= 4 is 29.3 Å². The van der Waals surface area contributed by atoms with Crippen LogP contribution in [0.15, 0.2) is 42.7 Å². The smallest absolute Gasteiger partial charge is 0.262 e. The summed E-state index contributed by atoms with van der Waals surface area (Å²) in [7, 11) is 0. The molecule has 11 nitrogen and oxygen atoms in total. The van der Waals surface area contributed by atoms with Gasteiger partial charge in [-0.1, -0.05) is 0 Å². The van der Waals surface area contributed by atoms with Crippen LogP contribution in [0.4, 0.5) is 5.69 Å². The predicted molar refractivity (Wildman–Crippen MR) is 154 cm³/mol. The highest BCUT2D eigenvalue weighted by atomic mass is 16.5.